The molecular weight excluding hydrogens is 565 g/mol. The maximum atomic E-state index is 14.7. The molecule has 10 nitrogen and oxygen atoms in total. The van der Waals surface area contributed by atoms with Gasteiger partial charge in [0.25, 0.3) is 0 Å². The summed E-state index contributed by atoms with van der Waals surface area (Å²) in [5.41, 5.74) is -1.05. The molecule has 0 saturated carbocycles. The van der Waals surface area contributed by atoms with E-state index >= 15 is 0 Å². The number of β-amino-alcohol motifs (C(OH)–C–C–N with tert-alkyl or cyclic N) is 1. The molecule has 1 amide bonds. The van der Waals surface area contributed by atoms with Crippen molar-refractivity contribution in [3.05, 3.63) is 53.8 Å². The number of amides is 1. The van der Waals surface area contributed by atoms with E-state index in [1.165, 1.54) is 4.90 Å². The quantitative estimate of drug-likeness (QED) is 0.119. The van der Waals surface area contributed by atoms with Crippen molar-refractivity contribution in [2.45, 2.75) is 63.1 Å². The van der Waals surface area contributed by atoms with Gasteiger partial charge in [-0.05, 0) is 63.0 Å². The lowest BCUT2D eigenvalue weighted by molar-refractivity contribution is -0.130. The second-order valence-corrected chi connectivity index (χ2v) is 11.7. The van der Waals surface area contributed by atoms with Crippen LogP contribution >= 0.6 is 11.6 Å². The molecule has 4 N–H and O–H groups in total. The van der Waals surface area contributed by atoms with E-state index in [0.717, 1.165) is 44.8 Å². The Morgan fingerprint density at radius 2 is 1.98 bits per heavy atom. The Kier molecular flexibility index (Phi) is 13.7. The number of piperidine rings is 1. The standard InChI is InChI=1S/C30H45ClFN5O5/c1-22(16-28(40)37-13-9-30(41,21-37)20-33-10-5-26(39)8-14-38)27(32)17-23(2)42-15-3-4-24-6-11-36(12-7-24)29-34-18-25(31)19-35-29/h17-19,24,26,33,38-39,41H,1-16,20-21H2/b27-17+/t26-,30?/m0/s1. The maximum Gasteiger partial charge on any atom is 0.227 e. The summed E-state index contributed by atoms with van der Waals surface area (Å²) in [6.07, 6.45) is 8.65. The molecule has 2 aliphatic heterocycles. The smallest absolute Gasteiger partial charge is 0.227 e. The van der Waals surface area contributed by atoms with Crippen LogP contribution in [0.15, 0.2) is 48.8 Å². The number of likely N-dealkylation sites (tertiary alicyclic amines) is 1. The Hall–Kier alpha value is -2.57. The van der Waals surface area contributed by atoms with Crippen molar-refractivity contribution in [1.82, 2.24) is 20.2 Å². The number of nitrogens with zero attached hydrogens (tertiary/aromatic N) is 4. The molecule has 1 unspecified atom stereocenters. The van der Waals surface area contributed by atoms with Crippen LogP contribution in [-0.2, 0) is 9.53 Å². The summed E-state index contributed by atoms with van der Waals surface area (Å²) in [6.45, 7) is 10.9. The minimum Gasteiger partial charge on any atom is -0.494 e. The lowest BCUT2D eigenvalue weighted by atomic mass is 9.92. The van der Waals surface area contributed by atoms with E-state index in [0.29, 0.717) is 55.8 Å². The average Bonchev–Trinajstić information content (AvgIpc) is 3.36. The van der Waals surface area contributed by atoms with Crippen LogP contribution in [0.4, 0.5) is 10.3 Å². The predicted molar refractivity (Wildman–Crippen MR) is 161 cm³/mol. The Bertz CT molecular complexity index is 1070. The number of hydrogen-bond acceptors (Lipinski definition) is 9. The normalized spacial score (nSPS) is 20.5. The molecule has 12 heteroatoms. The number of aliphatic hydroxyl groups excluding tert-OH is 2. The molecule has 2 fully saturated rings. The van der Waals surface area contributed by atoms with Gasteiger partial charge >= 0.3 is 0 Å². The molecule has 2 aliphatic rings. The number of hydrogen-bond donors (Lipinski definition) is 4. The van der Waals surface area contributed by atoms with Crippen LogP contribution in [0.3, 0.4) is 0 Å². The van der Waals surface area contributed by atoms with Crippen molar-refractivity contribution in [1.29, 1.82) is 0 Å². The van der Waals surface area contributed by atoms with Crippen molar-refractivity contribution in [3.63, 3.8) is 0 Å². The number of allylic oxidation sites excluding steroid dienone is 2. The van der Waals surface area contributed by atoms with E-state index in [-0.39, 0.29) is 43.4 Å². The van der Waals surface area contributed by atoms with Gasteiger partial charge in [0.2, 0.25) is 11.9 Å². The van der Waals surface area contributed by atoms with Crippen LogP contribution in [0.1, 0.15) is 51.4 Å². The van der Waals surface area contributed by atoms with Gasteiger partial charge in [-0.3, -0.25) is 4.79 Å². The highest BCUT2D eigenvalue weighted by Gasteiger charge is 2.37. The molecule has 0 bridgehead atoms. The van der Waals surface area contributed by atoms with Gasteiger partial charge in [0, 0.05) is 38.9 Å². The largest absolute Gasteiger partial charge is 0.494 e. The van der Waals surface area contributed by atoms with Crippen LogP contribution in [0.5, 0.6) is 0 Å². The van der Waals surface area contributed by atoms with E-state index < -0.39 is 17.5 Å². The fourth-order valence-electron chi connectivity index (χ4n) is 5.23. The molecule has 0 aliphatic carbocycles. The molecule has 0 radical (unpaired) electrons. The van der Waals surface area contributed by atoms with E-state index in [1.54, 1.807) is 12.4 Å². The lowest BCUT2D eigenvalue weighted by Crippen LogP contribution is -2.44. The predicted octanol–water partition coefficient (Wildman–Crippen LogP) is 3.14. The van der Waals surface area contributed by atoms with Gasteiger partial charge in [-0.1, -0.05) is 24.8 Å². The van der Waals surface area contributed by atoms with Crippen LogP contribution in [0.25, 0.3) is 0 Å². The number of rotatable bonds is 17. The third-order valence-electron chi connectivity index (χ3n) is 7.79. The first-order valence-corrected chi connectivity index (χ1v) is 15.1. The highest BCUT2D eigenvalue weighted by atomic mass is 35.5. The van der Waals surface area contributed by atoms with E-state index in [1.807, 2.05) is 0 Å². The Morgan fingerprint density at radius 1 is 1.26 bits per heavy atom. The first kappa shape index (κ1) is 33.9. The van der Waals surface area contributed by atoms with Crippen LogP contribution < -0.4 is 10.2 Å². The van der Waals surface area contributed by atoms with Crippen LogP contribution in [0, 0.1) is 5.92 Å². The number of halogens is 2. The molecule has 2 atom stereocenters. The van der Waals surface area contributed by atoms with Gasteiger partial charge in [0.1, 0.15) is 11.6 Å². The molecule has 42 heavy (non-hydrogen) atoms. The fourth-order valence-corrected chi connectivity index (χ4v) is 5.32. The maximum absolute atomic E-state index is 14.7. The zero-order chi connectivity index (χ0) is 30.5. The second kappa shape index (κ2) is 16.9. The average molecular weight is 610 g/mol. The number of aromatic nitrogens is 2. The Labute approximate surface area is 252 Å². The summed E-state index contributed by atoms with van der Waals surface area (Å²) >= 11 is 5.87. The van der Waals surface area contributed by atoms with Gasteiger partial charge in [-0.25, -0.2) is 14.4 Å². The third kappa shape index (κ3) is 11.3. The number of nitrogens with one attached hydrogen (secondary N) is 1. The van der Waals surface area contributed by atoms with Gasteiger partial charge in [-0.15, -0.1) is 0 Å². The van der Waals surface area contributed by atoms with Crippen LogP contribution in [-0.4, -0.2) is 100 Å². The highest BCUT2D eigenvalue weighted by Crippen LogP contribution is 2.26. The number of aliphatic hydroxyl groups is 3. The Balaban J connectivity index is 1.29. The zero-order valence-corrected chi connectivity index (χ0v) is 25.1. The minimum atomic E-state index is -1.09. The molecule has 3 rings (SSSR count). The number of carbonyl (C=O) groups is 1. The molecule has 0 aromatic carbocycles. The molecule has 1 aromatic rings. The summed E-state index contributed by atoms with van der Waals surface area (Å²) < 4.78 is 20.3. The first-order chi connectivity index (χ1) is 20.1. The summed E-state index contributed by atoms with van der Waals surface area (Å²) in [6, 6.07) is 0. The summed E-state index contributed by atoms with van der Waals surface area (Å²) in [5, 5.41) is 32.9. The topological polar surface area (TPSA) is 131 Å². The number of carbonyl (C=O) groups excluding carboxylic acids is 1. The van der Waals surface area contributed by atoms with Gasteiger partial charge < -0.3 is 35.2 Å². The van der Waals surface area contributed by atoms with Crippen molar-refractivity contribution in [3.8, 4) is 0 Å². The van der Waals surface area contributed by atoms with E-state index in [2.05, 4.69) is 33.3 Å². The SMILES string of the molecule is C=C(/C=C(/F)C(=C)CC(=O)N1CCC(O)(CNCC[C@H](O)CCO)C1)OCCCC1CCN(c2ncc(Cl)cn2)CC1. The summed E-state index contributed by atoms with van der Waals surface area (Å²) in [5.74, 6) is 0.503. The zero-order valence-electron chi connectivity index (χ0n) is 24.3. The van der Waals surface area contributed by atoms with Crippen molar-refractivity contribution < 1.29 is 29.2 Å². The van der Waals surface area contributed by atoms with Crippen molar-refractivity contribution in [2.24, 2.45) is 5.92 Å². The molecule has 3 heterocycles. The summed E-state index contributed by atoms with van der Waals surface area (Å²) in [7, 11) is 0. The number of ether oxygens (including phenoxy) is 1. The number of anilines is 1. The molecule has 234 valence electrons. The molecule has 1 aromatic heterocycles. The molecule has 2 saturated heterocycles. The highest BCUT2D eigenvalue weighted by molar-refractivity contribution is 6.30. The summed E-state index contributed by atoms with van der Waals surface area (Å²) in [4.78, 5) is 25.0. The first-order valence-electron chi connectivity index (χ1n) is 14.7. The van der Waals surface area contributed by atoms with E-state index in [9.17, 15) is 19.4 Å². The Morgan fingerprint density at radius 3 is 2.67 bits per heavy atom. The van der Waals surface area contributed by atoms with Gasteiger partial charge in [0.15, 0.2) is 0 Å². The van der Waals surface area contributed by atoms with Crippen molar-refractivity contribution in [2.75, 3.05) is 57.4 Å². The van der Waals surface area contributed by atoms with E-state index in [4.69, 9.17) is 21.4 Å². The monoisotopic (exact) mass is 609 g/mol. The second-order valence-electron chi connectivity index (χ2n) is 11.3. The van der Waals surface area contributed by atoms with Crippen LogP contribution in [0.2, 0.25) is 5.02 Å². The fraction of sp³-hybridized carbons (Fsp3) is 0.633. The lowest BCUT2D eigenvalue weighted by Gasteiger charge is -2.31. The third-order valence-corrected chi connectivity index (χ3v) is 7.99. The minimum absolute atomic E-state index is 0.0348. The van der Waals surface area contributed by atoms with Gasteiger partial charge in [0.05, 0.1) is 48.7 Å². The molecule has 0 spiro atoms. The van der Waals surface area contributed by atoms with Gasteiger partial charge in [-0.2, -0.15) is 0 Å². The van der Waals surface area contributed by atoms with Crippen molar-refractivity contribution >= 4 is 23.5 Å². The molecular formula is C30H45ClFN5O5.